The van der Waals surface area contributed by atoms with Crippen LogP contribution in [0.5, 0.6) is 0 Å². The molecule has 2 aromatic heterocycles. The molecule has 3 aromatic rings. The van der Waals surface area contributed by atoms with Gasteiger partial charge in [0.1, 0.15) is 0 Å². The van der Waals surface area contributed by atoms with Gasteiger partial charge in [0.05, 0.1) is 6.54 Å². The van der Waals surface area contributed by atoms with Gasteiger partial charge in [-0.05, 0) is 41.0 Å². The molecule has 0 aliphatic carbocycles. The van der Waals surface area contributed by atoms with Crippen molar-refractivity contribution >= 4 is 23.2 Å². The van der Waals surface area contributed by atoms with Crippen LogP contribution in [0.2, 0.25) is 0 Å². The highest BCUT2D eigenvalue weighted by molar-refractivity contribution is 7.80. The average molecular weight is 406 g/mol. The number of aromatic nitrogens is 2. The van der Waals surface area contributed by atoms with E-state index in [-0.39, 0.29) is 12.5 Å². The molecule has 0 aliphatic heterocycles. The smallest absolute Gasteiger partial charge is 0.239 e. The third-order valence-electron chi connectivity index (χ3n) is 4.21. The number of nitrogens with zero attached hydrogens (tertiary/aromatic N) is 3. The number of carbonyl (C=O) groups excluding carboxylic acids is 1. The van der Waals surface area contributed by atoms with Crippen molar-refractivity contribution in [3.05, 3.63) is 96.1 Å². The number of nitrogens with one attached hydrogen (secondary N) is 2. The lowest BCUT2D eigenvalue weighted by Gasteiger charge is -2.26. The van der Waals surface area contributed by atoms with Crippen LogP contribution in [0.3, 0.4) is 0 Å². The molecular weight excluding hydrogens is 382 g/mol. The van der Waals surface area contributed by atoms with Crippen molar-refractivity contribution in [1.82, 2.24) is 25.5 Å². The number of amides is 1. The predicted molar refractivity (Wildman–Crippen MR) is 117 cm³/mol. The van der Waals surface area contributed by atoms with Crippen molar-refractivity contribution in [2.24, 2.45) is 0 Å². The molecular formula is C22H23N5OS. The van der Waals surface area contributed by atoms with Crippen molar-refractivity contribution in [2.45, 2.75) is 19.6 Å². The van der Waals surface area contributed by atoms with Gasteiger partial charge in [0, 0.05) is 44.4 Å². The second kappa shape index (κ2) is 10.9. The molecule has 0 unspecified atom stereocenters. The molecule has 0 bridgehead atoms. The summed E-state index contributed by atoms with van der Waals surface area (Å²) in [7, 11) is 0. The highest BCUT2D eigenvalue weighted by Crippen LogP contribution is 2.10. The summed E-state index contributed by atoms with van der Waals surface area (Å²) in [5.74, 6) is -0.128. The lowest BCUT2D eigenvalue weighted by Crippen LogP contribution is -2.43. The molecule has 0 fully saturated rings. The molecule has 3 rings (SSSR count). The average Bonchev–Trinajstić information content (AvgIpc) is 2.78. The molecule has 1 amide bonds. The molecule has 0 saturated heterocycles. The van der Waals surface area contributed by atoms with Gasteiger partial charge in [-0.2, -0.15) is 0 Å². The zero-order valence-electron chi connectivity index (χ0n) is 16.0. The van der Waals surface area contributed by atoms with Crippen molar-refractivity contribution in [3.8, 4) is 0 Å². The van der Waals surface area contributed by atoms with E-state index in [1.54, 1.807) is 18.6 Å². The maximum Gasteiger partial charge on any atom is 0.239 e. The summed E-state index contributed by atoms with van der Waals surface area (Å²) in [5, 5.41) is 6.45. The van der Waals surface area contributed by atoms with E-state index in [1.807, 2.05) is 53.6 Å². The molecule has 1 aromatic carbocycles. The quantitative estimate of drug-likeness (QED) is 0.562. The van der Waals surface area contributed by atoms with Crippen LogP contribution in [0.25, 0.3) is 0 Å². The monoisotopic (exact) mass is 405 g/mol. The molecule has 0 aliphatic rings. The minimum Gasteiger partial charge on any atom is -0.353 e. The fourth-order valence-electron chi connectivity index (χ4n) is 2.75. The number of rotatable bonds is 8. The second-order valence-corrected chi connectivity index (χ2v) is 6.89. The van der Waals surface area contributed by atoms with Crippen molar-refractivity contribution in [3.63, 3.8) is 0 Å². The molecule has 29 heavy (non-hydrogen) atoms. The van der Waals surface area contributed by atoms with E-state index in [2.05, 4.69) is 32.7 Å². The van der Waals surface area contributed by atoms with E-state index in [9.17, 15) is 4.79 Å². The van der Waals surface area contributed by atoms with E-state index in [0.717, 1.165) is 16.7 Å². The Morgan fingerprint density at radius 3 is 2.10 bits per heavy atom. The Labute approximate surface area is 176 Å². The Hall–Kier alpha value is -3.32. The molecule has 7 heteroatoms. The van der Waals surface area contributed by atoms with Crippen LogP contribution in [0.15, 0.2) is 79.4 Å². The number of hydrogen-bond acceptors (Lipinski definition) is 4. The van der Waals surface area contributed by atoms with Crippen LogP contribution in [-0.2, 0) is 24.4 Å². The Bertz CT molecular complexity index is 865. The fourth-order valence-corrected chi connectivity index (χ4v) is 2.95. The molecule has 2 heterocycles. The van der Waals surface area contributed by atoms with Crippen LogP contribution in [0.1, 0.15) is 16.7 Å². The summed E-state index contributed by atoms with van der Waals surface area (Å²) in [4.78, 5) is 22.4. The van der Waals surface area contributed by atoms with Gasteiger partial charge >= 0.3 is 0 Å². The van der Waals surface area contributed by atoms with Crippen LogP contribution in [0, 0.1) is 0 Å². The lowest BCUT2D eigenvalue weighted by molar-refractivity contribution is -0.120. The van der Waals surface area contributed by atoms with Crippen LogP contribution < -0.4 is 10.6 Å². The van der Waals surface area contributed by atoms with Gasteiger partial charge < -0.3 is 15.5 Å². The lowest BCUT2D eigenvalue weighted by atomic mass is 10.2. The number of benzene rings is 1. The molecule has 0 spiro atoms. The van der Waals surface area contributed by atoms with Gasteiger partial charge in [-0.1, -0.05) is 42.5 Å². The minimum absolute atomic E-state index is 0.109. The minimum atomic E-state index is -0.128. The first-order valence-corrected chi connectivity index (χ1v) is 9.73. The maximum absolute atomic E-state index is 12.2. The summed E-state index contributed by atoms with van der Waals surface area (Å²) in [6, 6.07) is 17.8. The first-order chi connectivity index (χ1) is 14.2. The van der Waals surface area contributed by atoms with E-state index in [1.165, 1.54) is 0 Å². The molecule has 2 N–H and O–H groups in total. The number of thiocarbonyl (C=S) groups is 1. The third-order valence-corrected chi connectivity index (χ3v) is 4.61. The number of carbonyl (C=O) groups is 1. The highest BCUT2D eigenvalue weighted by atomic mass is 32.1. The molecule has 6 nitrogen and oxygen atoms in total. The van der Waals surface area contributed by atoms with Gasteiger partial charge in [0.15, 0.2) is 5.11 Å². The van der Waals surface area contributed by atoms with E-state index in [4.69, 9.17) is 12.2 Å². The largest absolute Gasteiger partial charge is 0.353 e. The Balaban J connectivity index is 1.56. The first-order valence-electron chi connectivity index (χ1n) is 9.32. The molecule has 0 saturated carbocycles. The number of pyridine rings is 2. The van der Waals surface area contributed by atoms with Gasteiger partial charge in [0.2, 0.25) is 5.91 Å². The highest BCUT2D eigenvalue weighted by Gasteiger charge is 2.12. The third kappa shape index (κ3) is 6.97. The van der Waals surface area contributed by atoms with Gasteiger partial charge in [-0.25, -0.2) is 0 Å². The van der Waals surface area contributed by atoms with Crippen LogP contribution >= 0.6 is 12.2 Å². The molecule has 0 atom stereocenters. The Kier molecular flexibility index (Phi) is 7.65. The summed E-state index contributed by atoms with van der Waals surface area (Å²) in [6.07, 6.45) is 7.00. The SMILES string of the molecule is O=C(CNC(=S)N(Cc1ccccc1)Cc1cccnc1)NCc1cccnc1. The van der Waals surface area contributed by atoms with E-state index in [0.29, 0.717) is 24.7 Å². The zero-order valence-corrected chi connectivity index (χ0v) is 16.8. The molecule has 148 valence electrons. The topological polar surface area (TPSA) is 70.2 Å². The van der Waals surface area contributed by atoms with Crippen molar-refractivity contribution in [1.29, 1.82) is 0 Å². The normalized spacial score (nSPS) is 10.2. The number of hydrogen-bond donors (Lipinski definition) is 2. The van der Waals surface area contributed by atoms with E-state index < -0.39 is 0 Å². The summed E-state index contributed by atoms with van der Waals surface area (Å²) in [5.41, 5.74) is 3.14. The summed E-state index contributed by atoms with van der Waals surface area (Å²) in [6.45, 7) is 1.78. The summed E-state index contributed by atoms with van der Waals surface area (Å²) < 4.78 is 0. The fraction of sp³-hybridized carbons (Fsp3) is 0.182. The van der Waals surface area contributed by atoms with Gasteiger partial charge in [0.25, 0.3) is 0 Å². The first kappa shape index (κ1) is 20.4. The van der Waals surface area contributed by atoms with Crippen LogP contribution in [0.4, 0.5) is 0 Å². The van der Waals surface area contributed by atoms with Crippen molar-refractivity contribution in [2.75, 3.05) is 6.54 Å². The zero-order chi connectivity index (χ0) is 20.3. The van der Waals surface area contributed by atoms with Crippen molar-refractivity contribution < 1.29 is 4.79 Å². The molecule has 0 radical (unpaired) electrons. The van der Waals surface area contributed by atoms with Gasteiger partial charge in [-0.3, -0.25) is 14.8 Å². The predicted octanol–water partition coefficient (Wildman–Crippen LogP) is 2.67. The van der Waals surface area contributed by atoms with Crippen LogP contribution in [-0.4, -0.2) is 32.4 Å². The second-order valence-electron chi connectivity index (χ2n) is 6.50. The van der Waals surface area contributed by atoms with E-state index >= 15 is 0 Å². The Morgan fingerprint density at radius 2 is 1.45 bits per heavy atom. The maximum atomic E-state index is 12.2. The Morgan fingerprint density at radius 1 is 0.828 bits per heavy atom. The standard InChI is InChI=1S/C22H23N5OS/c28-21(25-14-19-8-4-10-23-12-19)15-26-22(29)27(16-18-6-2-1-3-7-18)17-20-9-5-11-24-13-20/h1-13H,14-17H2,(H,25,28)(H,26,29). The van der Waals surface area contributed by atoms with Gasteiger partial charge in [-0.15, -0.1) is 0 Å². The summed E-state index contributed by atoms with van der Waals surface area (Å²) >= 11 is 5.57.